The van der Waals surface area contributed by atoms with Crippen LogP contribution in [0.25, 0.3) is 0 Å². The minimum atomic E-state index is -0.566. The number of amides is 2. The number of hydrogen-bond acceptors (Lipinski definition) is 3. The quantitative estimate of drug-likeness (QED) is 0.940. The fourth-order valence-corrected chi connectivity index (χ4v) is 2.97. The van der Waals surface area contributed by atoms with Crippen LogP contribution in [0.2, 0.25) is 0 Å². The molecule has 1 aromatic heterocycles. The molecule has 5 nitrogen and oxygen atoms in total. The van der Waals surface area contributed by atoms with Crippen LogP contribution in [0.15, 0.2) is 48.8 Å². The second kappa shape index (κ2) is 6.83. The average molecular weight is 323 g/mol. The average Bonchev–Trinajstić information content (AvgIpc) is 3.03. The van der Waals surface area contributed by atoms with Crippen molar-refractivity contribution < 1.29 is 9.59 Å². The van der Waals surface area contributed by atoms with Gasteiger partial charge in [-0.25, -0.2) is 0 Å². The molecule has 2 heterocycles. The molecule has 1 aromatic carbocycles. The summed E-state index contributed by atoms with van der Waals surface area (Å²) in [5, 5.41) is 2.87. The first kappa shape index (κ1) is 16.2. The summed E-state index contributed by atoms with van der Waals surface area (Å²) in [4.78, 5) is 31.1. The maximum atomic E-state index is 13.0. The van der Waals surface area contributed by atoms with Gasteiger partial charge in [-0.3, -0.25) is 14.6 Å². The van der Waals surface area contributed by atoms with Crippen molar-refractivity contribution in [2.45, 2.75) is 26.3 Å². The normalized spacial score (nSPS) is 14.4. The fraction of sp³-hybridized carbons (Fsp3) is 0.316. The Labute approximate surface area is 141 Å². The molecule has 0 unspecified atom stereocenters. The number of nitrogens with zero attached hydrogens (tertiary/aromatic N) is 2. The van der Waals surface area contributed by atoms with E-state index in [4.69, 9.17) is 0 Å². The number of benzene rings is 1. The van der Waals surface area contributed by atoms with Crippen molar-refractivity contribution in [3.8, 4) is 0 Å². The number of nitrogens with one attached hydrogen (secondary N) is 1. The van der Waals surface area contributed by atoms with E-state index in [1.54, 1.807) is 23.2 Å². The van der Waals surface area contributed by atoms with Crippen LogP contribution in [0, 0.1) is 5.92 Å². The molecular formula is C19H21N3O2. The number of anilines is 1. The molecule has 1 aliphatic rings. The number of carbonyl (C=O) groups excluding carboxylic acids is 2. The second-order valence-electron chi connectivity index (χ2n) is 6.31. The Morgan fingerprint density at radius 3 is 2.67 bits per heavy atom. The molecule has 0 saturated heterocycles. The van der Waals surface area contributed by atoms with E-state index < -0.39 is 6.04 Å². The fourth-order valence-electron chi connectivity index (χ4n) is 2.97. The van der Waals surface area contributed by atoms with E-state index in [0.29, 0.717) is 12.1 Å². The van der Waals surface area contributed by atoms with Gasteiger partial charge in [-0.2, -0.15) is 0 Å². The van der Waals surface area contributed by atoms with Crippen LogP contribution in [0.3, 0.4) is 0 Å². The molecule has 5 heteroatoms. The molecule has 3 rings (SSSR count). The van der Waals surface area contributed by atoms with Crippen LogP contribution < -0.4 is 10.2 Å². The lowest BCUT2D eigenvalue weighted by molar-refractivity contribution is -0.121. The minimum absolute atomic E-state index is 0.00844. The summed E-state index contributed by atoms with van der Waals surface area (Å²) in [6.45, 7) is 4.53. The lowest BCUT2D eigenvalue weighted by Gasteiger charge is -2.27. The van der Waals surface area contributed by atoms with Crippen LogP contribution in [0.5, 0.6) is 0 Å². The molecule has 2 aromatic rings. The van der Waals surface area contributed by atoms with Crippen molar-refractivity contribution in [3.05, 3.63) is 59.9 Å². The number of carbonyl (C=O) groups is 2. The van der Waals surface area contributed by atoms with Gasteiger partial charge in [0.05, 0.1) is 5.56 Å². The highest BCUT2D eigenvalue weighted by molar-refractivity contribution is 6.03. The van der Waals surface area contributed by atoms with Crippen LogP contribution in [-0.2, 0) is 11.2 Å². The first-order valence-corrected chi connectivity index (χ1v) is 8.18. The minimum Gasteiger partial charge on any atom is -0.340 e. The van der Waals surface area contributed by atoms with E-state index in [-0.39, 0.29) is 17.7 Å². The van der Waals surface area contributed by atoms with Crippen LogP contribution >= 0.6 is 0 Å². The van der Waals surface area contributed by atoms with Gasteiger partial charge in [-0.1, -0.05) is 32.0 Å². The third kappa shape index (κ3) is 3.15. The Morgan fingerprint density at radius 2 is 1.96 bits per heavy atom. The summed E-state index contributed by atoms with van der Waals surface area (Å²) >= 11 is 0. The molecule has 0 fully saturated rings. The van der Waals surface area contributed by atoms with E-state index in [1.807, 2.05) is 38.1 Å². The Morgan fingerprint density at radius 1 is 1.17 bits per heavy atom. The maximum absolute atomic E-state index is 13.0. The third-order valence-corrected chi connectivity index (χ3v) is 4.30. The van der Waals surface area contributed by atoms with Crippen molar-refractivity contribution in [1.29, 1.82) is 0 Å². The molecule has 0 bridgehead atoms. The Hall–Kier alpha value is -2.69. The van der Waals surface area contributed by atoms with Gasteiger partial charge >= 0.3 is 0 Å². The molecule has 0 aliphatic carbocycles. The van der Waals surface area contributed by atoms with Crippen LogP contribution in [0.1, 0.15) is 29.8 Å². The first-order chi connectivity index (χ1) is 11.6. The molecule has 124 valence electrons. The van der Waals surface area contributed by atoms with E-state index in [1.165, 1.54) is 11.8 Å². The molecule has 0 spiro atoms. The summed E-state index contributed by atoms with van der Waals surface area (Å²) in [7, 11) is 0. The van der Waals surface area contributed by atoms with Gasteiger partial charge in [0, 0.05) is 24.6 Å². The molecular weight excluding hydrogens is 302 g/mol. The van der Waals surface area contributed by atoms with Crippen LogP contribution in [0.4, 0.5) is 5.69 Å². The first-order valence-electron chi connectivity index (χ1n) is 8.18. The Bertz CT molecular complexity index is 743. The molecule has 1 N–H and O–H groups in total. The number of rotatable bonds is 4. The highest BCUT2D eigenvalue weighted by Gasteiger charge is 2.32. The van der Waals surface area contributed by atoms with Gasteiger partial charge in [0.2, 0.25) is 5.91 Å². The van der Waals surface area contributed by atoms with Crippen molar-refractivity contribution in [3.63, 3.8) is 0 Å². The second-order valence-corrected chi connectivity index (χ2v) is 6.31. The van der Waals surface area contributed by atoms with Gasteiger partial charge in [-0.05, 0) is 36.1 Å². The van der Waals surface area contributed by atoms with Gasteiger partial charge in [0.15, 0.2) is 0 Å². The van der Waals surface area contributed by atoms with Crippen molar-refractivity contribution in [2.75, 3.05) is 11.4 Å². The number of aromatic nitrogens is 1. The Balaban J connectivity index is 1.79. The molecule has 24 heavy (non-hydrogen) atoms. The van der Waals surface area contributed by atoms with Crippen LogP contribution in [-0.4, -0.2) is 29.4 Å². The summed E-state index contributed by atoms with van der Waals surface area (Å²) in [6.07, 6.45) is 3.97. The predicted molar refractivity (Wildman–Crippen MR) is 92.8 cm³/mol. The zero-order valence-electron chi connectivity index (χ0n) is 13.9. The standard InChI is InChI=1S/C19H21N3O2/c1-13(2)17(21-18(23)15-7-5-10-20-12-15)19(24)22-11-9-14-6-3-4-8-16(14)22/h3-8,10,12-13,17H,9,11H2,1-2H3,(H,21,23)/t17-/m1/s1. The van der Waals surface area contributed by atoms with Gasteiger partial charge in [0.25, 0.3) is 5.91 Å². The zero-order chi connectivity index (χ0) is 17.1. The summed E-state index contributed by atoms with van der Waals surface area (Å²) < 4.78 is 0. The van der Waals surface area contributed by atoms with E-state index in [0.717, 1.165) is 12.1 Å². The van der Waals surface area contributed by atoms with E-state index in [2.05, 4.69) is 10.3 Å². The number of pyridine rings is 1. The molecule has 2 amide bonds. The highest BCUT2D eigenvalue weighted by atomic mass is 16.2. The third-order valence-electron chi connectivity index (χ3n) is 4.30. The monoisotopic (exact) mass is 323 g/mol. The molecule has 1 atom stereocenters. The van der Waals surface area contributed by atoms with Gasteiger partial charge in [0.1, 0.15) is 6.04 Å². The summed E-state index contributed by atoms with van der Waals surface area (Å²) in [6, 6.07) is 10.7. The van der Waals surface area contributed by atoms with Crippen molar-refractivity contribution in [1.82, 2.24) is 10.3 Å². The number of fused-ring (bicyclic) bond motifs is 1. The number of para-hydroxylation sites is 1. The maximum Gasteiger partial charge on any atom is 0.253 e. The summed E-state index contributed by atoms with van der Waals surface area (Å²) in [5.74, 6) is -0.347. The summed E-state index contributed by atoms with van der Waals surface area (Å²) in [5.41, 5.74) is 2.58. The Kier molecular flexibility index (Phi) is 4.60. The lowest BCUT2D eigenvalue weighted by atomic mass is 10.0. The van der Waals surface area contributed by atoms with Gasteiger partial charge < -0.3 is 10.2 Å². The van der Waals surface area contributed by atoms with E-state index >= 15 is 0 Å². The van der Waals surface area contributed by atoms with Crippen molar-refractivity contribution in [2.24, 2.45) is 5.92 Å². The van der Waals surface area contributed by atoms with Gasteiger partial charge in [-0.15, -0.1) is 0 Å². The SMILES string of the molecule is CC(C)[C@@H](NC(=O)c1cccnc1)C(=O)N1CCc2ccccc21. The largest absolute Gasteiger partial charge is 0.340 e. The topological polar surface area (TPSA) is 62.3 Å². The molecule has 1 aliphatic heterocycles. The number of hydrogen-bond donors (Lipinski definition) is 1. The van der Waals surface area contributed by atoms with Crippen molar-refractivity contribution >= 4 is 17.5 Å². The molecule has 0 radical (unpaired) electrons. The predicted octanol–water partition coefficient (Wildman–Crippen LogP) is 2.43. The molecule has 0 saturated carbocycles. The zero-order valence-corrected chi connectivity index (χ0v) is 13.9. The smallest absolute Gasteiger partial charge is 0.253 e. The van der Waals surface area contributed by atoms with E-state index in [9.17, 15) is 9.59 Å². The highest BCUT2D eigenvalue weighted by Crippen LogP contribution is 2.28. The lowest BCUT2D eigenvalue weighted by Crippen LogP contribution is -2.51.